The molecule has 0 spiro atoms. The summed E-state index contributed by atoms with van der Waals surface area (Å²) in [4.78, 5) is 5.00. The molecule has 0 N–H and O–H groups in total. The third-order valence-electron chi connectivity index (χ3n) is 6.25. The van der Waals surface area contributed by atoms with Crippen LogP contribution in [0.4, 0.5) is 0 Å². The van der Waals surface area contributed by atoms with Gasteiger partial charge in [0.05, 0.1) is 24.2 Å². The minimum atomic E-state index is 0.266. The monoisotopic (exact) mass is 434 g/mol. The molecular formula is C28H26N4O. The summed E-state index contributed by atoms with van der Waals surface area (Å²) in [5, 5.41) is 13.2. The van der Waals surface area contributed by atoms with Gasteiger partial charge >= 0.3 is 0 Å². The van der Waals surface area contributed by atoms with E-state index in [1.807, 2.05) is 18.2 Å². The van der Waals surface area contributed by atoms with E-state index in [2.05, 4.69) is 81.7 Å². The van der Waals surface area contributed by atoms with Crippen molar-refractivity contribution in [2.75, 3.05) is 26.2 Å². The van der Waals surface area contributed by atoms with E-state index in [1.165, 1.54) is 11.1 Å². The van der Waals surface area contributed by atoms with Crippen LogP contribution in [-0.2, 0) is 6.54 Å². The van der Waals surface area contributed by atoms with Crippen molar-refractivity contribution < 1.29 is 4.52 Å². The molecule has 33 heavy (non-hydrogen) atoms. The first-order chi connectivity index (χ1) is 16.3. The normalized spacial score (nSPS) is 14.9. The van der Waals surface area contributed by atoms with E-state index < -0.39 is 0 Å². The van der Waals surface area contributed by atoms with Gasteiger partial charge in [-0.2, -0.15) is 5.26 Å². The second-order valence-electron chi connectivity index (χ2n) is 8.40. The van der Waals surface area contributed by atoms with Crippen molar-refractivity contribution in [1.82, 2.24) is 15.0 Å². The molecule has 0 amide bonds. The molecular weight excluding hydrogens is 408 g/mol. The van der Waals surface area contributed by atoms with Crippen molar-refractivity contribution in [1.29, 1.82) is 5.26 Å². The molecule has 4 aromatic rings. The fourth-order valence-corrected chi connectivity index (χ4v) is 4.52. The first-order valence-corrected chi connectivity index (χ1v) is 11.3. The van der Waals surface area contributed by atoms with E-state index in [9.17, 15) is 0 Å². The molecule has 1 aliphatic heterocycles. The Hall–Kier alpha value is -3.72. The maximum Gasteiger partial charge on any atom is 0.151 e. The van der Waals surface area contributed by atoms with E-state index in [0.717, 1.165) is 49.7 Å². The molecule has 1 saturated heterocycles. The van der Waals surface area contributed by atoms with Crippen molar-refractivity contribution in [3.8, 4) is 17.3 Å². The molecule has 1 fully saturated rings. The lowest BCUT2D eigenvalue weighted by atomic mass is 9.96. The molecule has 1 aromatic heterocycles. The molecule has 0 bridgehead atoms. The number of hydrogen-bond acceptors (Lipinski definition) is 5. The first kappa shape index (κ1) is 21.1. The van der Waals surface area contributed by atoms with Gasteiger partial charge in [0, 0.05) is 37.8 Å². The van der Waals surface area contributed by atoms with Crippen molar-refractivity contribution >= 4 is 0 Å². The van der Waals surface area contributed by atoms with Crippen LogP contribution in [-0.4, -0.2) is 41.1 Å². The van der Waals surface area contributed by atoms with Crippen LogP contribution < -0.4 is 0 Å². The predicted molar refractivity (Wildman–Crippen MR) is 128 cm³/mol. The Labute approximate surface area is 194 Å². The van der Waals surface area contributed by atoms with Gasteiger partial charge in [0.15, 0.2) is 5.76 Å². The Bertz CT molecular complexity index is 1160. The highest BCUT2D eigenvalue weighted by atomic mass is 16.5. The topological polar surface area (TPSA) is 56.3 Å². The minimum absolute atomic E-state index is 0.266. The average Bonchev–Trinajstić information content (AvgIpc) is 3.35. The number of nitrogens with zero attached hydrogens (tertiary/aromatic N) is 4. The predicted octanol–water partition coefficient (Wildman–Crippen LogP) is 5.12. The summed E-state index contributed by atoms with van der Waals surface area (Å²) in [7, 11) is 0. The summed E-state index contributed by atoms with van der Waals surface area (Å²) in [6.45, 7) is 4.68. The largest absolute Gasteiger partial charge is 0.359 e. The fraction of sp³-hybridized carbons (Fsp3) is 0.214. The second-order valence-corrected chi connectivity index (χ2v) is 8.40. The third-order valence-corrected chi connectivity index (χ3v) is 6.25. The zero-order chi connectivity index (χ0) is 22.5. The molecule has 5 heteroatoms. The van der Waals surface area contributed by atoms with Crippen LogP contribution >= 0.6 is 0 Å². The zero-order valence-corrected chi connectivity index (χ0v) is 18.5. The van der Waals surface area contributed by atoms with E-state index in [4.69, 9.17) is 9.78 Å². The summed E-state index contributed by atoms with van der Waals surface area (Å²) in [5.74, 6) is 0.866. The molecule has 0 saturated carbocycles. The number of piperazine rings is 1. The van der Waals surface area contributed by atoms with Crippen LogP contribution in [0.2, 0.25) is 0 Å². The summed E-state index contributed by atoms with van der Waals surface area (Å²) < 4.78 is 5.62. The highest BCUT2D eigenvalue weighted by Gasteiger charge is 2.26. The quantitative estimate of drug-likeness (QED) is 0.422. The highest BCUT2D eigenvalue weighted by Crippen LogP contribution is 2.30. The summed E-state index contributed by atoms with van der Waals surface area (Å²) in [6.07, 6.45) is 0. The summed E-state index contributed by atoms with van der Waals surface area (Å²) >= 11 is 0. The van der Waals surface area contributed by atoms with Crippen LogP contribution in [0.1, 0.15) is 28.5 Å². The Kier molecular flexibility index (Phi) is 6.30. The summed E-state index contributed by atoms with van der Waals surface area (Å²) in [5.41, 5.74) is 5.08. The Morgan fingerprint density at radius 3 is 2.00 bits per heavy atom. The zero-order valence-electron chi connectivity index (χ0n) is 18.5. The molecule has 0 atom stereocenters. The number of hydrogen-bond donors (Lipinski definition) is 0. The molecule has 164 valence electrons. The number of aromatic nitrogens is 1. The molecule has 5 rings (SSSR count). The van der Waals surface area contributed by atoms with Crippen molar-refractivity contribution in [3.63, 3.8) is 0 Å². The van der Waals surface area contributed by atoms with Gasteiger partial charge in [-0.1, -0.05) is 78.0 Å². The maximum atomic E-state index is 8.97. The SMILES string of the molecule is N#Cc1ccc(-c2cc(CN3CCN(C(c4ccccc4)c4ccccc4)CC3)on2)cc1. The Morgan fingerprint density at radius 2 is 1.42 bits per heavy atom. The van der Waals surface area contributed by atoms with Gasteiger partial charge in [0.1, 0.15) is 5.69 Å². The number of nitriles is 1. The van der Waals surface area contributed by atoms with Gasteiger partial charge in [0.25, 0.3) is 0 Å². The van der Waals surface area contributed by atoms with Gasteiger partial charge in [0.2, 0.25) is 0 Å². The lowest BCUT2D eigenvalue weighted by Gasteiger charge is -2.39. The van der Waals surface area contributed by atoms with Crippen LogP contribution in [0.5, 0.6) is 0 Å². The van der Waals surface area contributed by atoms with E-state index in [-0.39, 0.29) is 6.04 Å². The molecule has 2 heterocycles. The van der Waals surface area contributed by atoms with Crippen molar-refractivity contribution in [3.05, 3.63) is 113 Å². The Balaban J connectivity index is 1.24. The first-order valence-electron chi connectivity index (χ1n) is 11.3. The maximum absolute atomic E-state index is 8.97. The summed E-state index contributed by atoms with van der Waals surface area (Å²) in [6, 6.07) is 33.4. The third kappa shape index (κ3) is 4.88. The molecule has 3 aromatic carbocycles. The minimum Gasteiger partial charge on any atom is -0.359 e. The van der Waals surface area contributed by atoms with E-state index in [0.29, 0.717) is 5.56 Å². The standard InChI is InChI=1S/C28H26N4O/c29-20-22-11-13-23(14-12-22)27-19-26(33-30-27)21-31-15-17-32(18-16-31)28(24-7-3-1-4-8-24)25-9-5-2-6-10-25/h1-14,19,28H,15-18,21H2. The van der Waals surface area contributed by atoms with E-state index in [1.54, 1.807) is 12.1 Å². The van der Waals surface area contributed by atoms with Crippen molar-refractivity contribution in [2.45, 2.75) is 12.6 Å². The number of benzene rings is 3. The lowest BCUT2D eigenvalue weighted by Crippen LogP contribution is -2.47. The molecule has 1 aliphatic rings. The van der Waals surface area contributed by atoms with Gasteiger partial charge < -0.3 is 4.52 Å². The van der Waals surface area contributed by atoms with E-state index >= 15 is 0 Å². The second kappa shape index (κ2) is 9.83. The van der Waals surface area contributed by atoms with Gasteiger partial charge in [-0.25, -0.2) is 0 Å². The van der Waals surface area contributed by atoms with Crippen LogP contribution in [0.15, 0.2) is 95.5 Å². The van der Waals surface area contributed by atoms with Crippen LogP contribution in [0.3, 0.4) is 0 Å². The van der Waals surface area contributed by atoms with Crippen molar-refractivity contribution in [2.24, 2.45) is 0 Å². The molecule has 0 aliphatic carbocycles. The van der Waals surface area contributed by atoms with Crippen LogP contribution in [0, 0.1) is 11.3 Å². The van der Waals surface area contributed by atoms with Gasteiger partial charge in [-0.3, -0.25) is 9.80 Å². The average molecular weight is 435 g/mol. The molecule has 5 nitrogen and oxygen atoms in total. The van der Waals surface area contributed by atoms with Gasteiger partial charge in [-0.15, -0.1) is 0 Å². The van der Waals surface area contributed by atoms with Gasteiger partial charge in [-0.05, 0) is 23.3 Å². The Morgan fingerprint density at radius 1 is 0.818 bits per heavy atom. The smallest absolute Gasteiger partial charge is 0.151 e. The lowest BCUT2D eigenvalue weighted by molar-refractivity contribution is 0.0980. The number of rotatable bonds is 6. The highest BCUT2D eigenvalue weighted by molar-refractivity contribution is 5.59. The molecule has 0 radical (unpaired) electrons. The van der Waals surface area contributed by atoms with Crippen LogP contribution in [0.25, 0.3) is 11.3 Å². The fourth-order valence-electron chi connectivity index (χ4n) is 4.52. The molecule has 0 unspecified atom stereocenters.